The van der Waals surface area contributed by atoms with Crippen LogP contribution in [0, 0.1) is 0 Å². The molecule has 0 radical (unpaired) electrons. The Hall–Kier alpha value is -3.41. The number of aromatic nitrogens is 1. The largest absolute Gasteiger partial charge is 0.493 e. The molecule has 0 N–H and O–H groups in total. The van der Waals surface area contributed by atoms with Crippen molar-refractivity contribution < 1.29 is 23.8 Å². The molecule has 1 aromatic heterocycles. The highest BCUT2D eigenvalue weighted by molar-refractivity contribution is 6.15. The van der Waals surface area contributed by atoms with E-state index < -0.39 is 5.97 Å². The van der Waals surface area contributed by atoms with Gasteiger partial charge in [0.05, 0.1) is 27.8 Å². The molecular weight excluding hydrogens is 346 g/mol. The van der Waals surface area contributed by atoms with Crippen LogP contribution in [0.5, 0.6) is 11.5 Å². The molecule has 0 saturated carbocycles. The van der Waals surface area contributed by atoms with E-state index in [-0.39, 0.29) is 17.9 Å². The number of methoxy groups -OCH3 is 3. The number of benzene rings is 2. The van der Waals surface area contributed by atoms with Crippen molar-refractivity contribution in [2.75, 3.05) is 21.3 Å². The number of carbonyl (C=O) groups is 2. The number of esters is 1. The standard InChI is InChI=1S/C21H19NO5/c1-25-17-10-15-14(9-19(23)27-3)12-22-20(16(15)11-18(17)26-2)21(24)13-7-5-4-6-8-13/h4-8,10-12H,9H2,1-3H3. The SMILES string of the molecule is COC(=O)Cc1cnc(C(=O)c2ccccc2)c2cc(OC)c(OC)cc12. The van der Waals surface area contributed by atoms with Crippen LogP contribution < -0.4 is 9.47 Å². The molecule has 0 aliphatic carbocycles. The molecule has 0 fully saturated rings. The van der Waals surface area contributed by atoms with Crippen molar-refractivity contribution in [2.45, 2.75) is 6.42 Å². The molecule has 0 amide bonds. The third-order valence-corrected chi connectivity index (χ3v) is 4.29. The zero-order valence-electron chi connectivity index (χ0n) is 15.3. The highest BCUT2D eigenvalue weighted by Gasteiger charge is 2.20. The Kier molecular flexibility index (Phi) is 5.35. The van der Waals surface area contributed by atoms with Crippen molar-refractivity contribution in [1.29, 1.82) is 0 Å². The molecule has 1 heterocycles. The second-order valence-electron chi connectivity index (χ2n) is 5.83. The highest BCUT2D eigenvalue weighted by Crippen LogP contribution is 2.35. The maximum atomic E-state index is 13.0. The predicted octanol–water partition coefficient (Wildman–Crippen LogP) is 3.20. The molecule has 138 valence electrons. The number of rotatable bonds is 6. The summed E-state index contributed by atoms with van der Waals surface area (Å²) in [5, 5.41) is 1.27. The van der Waals surface area contributed by atoms with Crippen LogP contribution in [0.2, 0.25) is 0 Å². The minimum atomic E-state index is -0.393. The van der Waals surface area contributed by atoms with Gasteiger partial charge in [-0.25, -0.2) is 0 Å². The number of ether oxygens (including phenoxy) is 3. The molecule has 27 heavy (non-hydrogen) atoms. The van der Waals surface area contributed by atoms with Crippen LogP contribution in [0.25, 0.3) is 10.8 Å². The van der Waals surface area contributed by atoms with E-state index in [1.165, 1.54) is 27.5 Å². The lowest BCUT2D eigenvalue weighted by Crippen LogP contribution is -2.09. The van der Waals surface area contributed by atoms with Crippen molar-refractivity contribution in [3.8, 4) is 11.5 Å². The van der Waals surface area contributed by atoms with Crippen LogP contribution in [0.1, 0.15) is 21.6 Å². The zero-order chi connectivity index (χ0) is 19.4. The topological polar surface area (TPSA) is 74.7 Å². The minimum Gasteiger partial charge on any atom is -0.493 e. The summed E-state index contributed by atoms with van der Waals surface area (Å²) in [7, 11) is 4.38. The molecule has 0 aliphatic heterocycles. The maximum Gasteiger partial charge on any atom is 0.310 e. The number of fused-ring (bicyclic) bond motifs is 1. The number of pyridine rings is 1. The molecule has 2 aromatic carbocycles. The smallest absolute Gasteiger partial charge is 0.310 e. The van der Waals surface area contributed by atoms with Gasteiger partial charge in [-0.05, 0) is 23.1 Å². The summed E-state index contributed by atoms with van der Waals surface area (Å²) < 4.78 is 15.5. The fourth-order valence-corrected chi connectivity index (χ4v) is 2.90. The van der Waals surface area contributed by atoms with Crippen molar-refractivity contribution in [1.82, 2.24) is 4.98 Å². The zero-order valence-corrected chi connectivity index (χ0v) is 15.3. The van der Waals surface area contributed by atoms with Crippen molar-refractivity contribution in [3.63, 3.8) is 0 Å². The average Bonchev–Trinajstić information content (AvgIpc) is 2.72. The van der Waals surface area contributed by atoms with Crippen LogP contribution in [0.15, 0.2) is 48.7 Å². The van der Waals surface area contributed by atoms with Gasteiger partial charge in [0.1, 0.15) is 5.69 Å². The Balaban J connectivity index is 2.24. The van der Waals surface area contributed by atoms with Crippen LogP contribution in [-0.2, 0) is 16.0 Å². The van der Waals surface area contributed by atoms with E-state index in [0.717, 1.165) is 0 Å². The second kappa shape index (κ2) is 7.86. The van der Waals surface area contributed by atoms with Gasteiger partial charge in [0.2, 0.25) is 5.78 Å². The van der Waals surface area contributed by atoms with Gasteiger partial charge in [0.15, 0.2) is 11.5 Å². The first kappa shape index (κ1) is 18.4. The summed E-state index contributed by atoms with van der Waals surface area (Å²) in [4.78, 5) is 29.1. The molecule has 0 atom stereocenters. The summed E-state index contributed by atoms with van der Waals surface area (Å²) in [6.07, 6.45) is 1.57. The summed E-state index contributed by atoms with van der Waals surface area (Å²) >= 11 is 0. The maximum absolute atomic E-state index is 13.0. The Morgan fingerprint density at radius 3 is 2.15 bits per heavy atom. The number of hydrogen-bond acceptors (Lipinski definition) is 6. The van der Waals surface area contributed by atoms with Crippen molar-refractivity contribution >= 4 is 22.5 Å². The predicted molar refractivity (Wildman–Crippen MR) is 100 cm³/mol. The van der Waals surface area contributed by atoms with Gasteiger partial charge in [-0.3, -0.25) is 14.6 Å². The van der Waals surface area contributed by atoms with Gasteiger partial charge in [-0.1, -0.05) is 30.3 Å². The normalized spacial score (nSPS) is 10.5. The van der Waals surface area contributed by atoms with Gasteiger partial charge >= 0.3 is 5.97 Å². The first-order valence-corrected chi connectivity index (χ1v) is 8.29. The quantitative estimate of drug-likeness (QED) is 0.493. The average molecular weight is 365 g/mol. The van der Waals surface area contributed by atoms with Gasteiger partial charge in [-0.2, -0.15) is 0 Å². The van der Waals surface area contributed by atoms with E-state index in [9.17, 15) is 9.59 Å². The van der Waals surface area contributed by atoms with Gasteiger partial charge in [0.25, 0.3) is 0 Å². The Morgan fingerprint density at radius 1 is 0.926 bits per heavy atom. The first-order chi connectivity index (χ1) is 13.1. The van der Waals surface area contributed by atoms with E-state index in [4.69, 9.17) is 14.2 Å². The van der Waals surface area contributed by atoms with Gasteiger partial charge in [0, 0.05) is 17.1 Å². The van der Waals surface area contributed by atoms with Crippen LogP contribution in [0.4, 0.5) is 0 Å². The van der Waals surface area contributed by atoms with Gasteiger partial charge < -0.3 is 14.2 Å². The van der Waals surface area contributed by atoms with E-state index >= 15 is 0 Å². The number of ketones is 1. The molecule has 0 saturated heterocycles. The number of hydrogen-bond donors (Lipinski definition) is 0. The van der Waals surface area contributed by atoms with E-state index in [2.05, 4.69) is 4.98 Å². The van der Waals surface area contributed by atoms with Crippen molar-refractivity contribution in [3.05, 3.63) is 65.5 Å². The van der Waals surface area contributed by atoms with E-state index in [0.29, 0.717) is 33.4 Å². The number of nitrogens with zero attached hydrogens (tertiary/aromatic N) is 1. The monoisotopic (exact) mass is 365 g/mol. The summed E-state index contributed by atoms with van der Waals surface area (Å²) in [6, 6.07) is 12.4. The Labute approximate surface area is 156 Å². The molecule has 3 rings (SSSR count). The summed E-state index contributed by atoms with van der Waals surface area (Å²) in [6.45, 7) is 0. The Morgan fingerprint density at radius 2 is 1.56 bits per heavy atom. The third kappa shape index (κ3) is 3.60. The van der Waals surface area contributed by atoms with Gasteiger partial charge in [-0.15, -0.1) is 0 Å². The molecule has 0 unspecified atom stereocenters. The van der Waals surface area contributed by atoms with Crippen LogP contribution in [0.3, 0.4) is 0 Å². The fraction of sp³-hybridized carbons (Fsp3) is 0.190. The summed E-state index contributed by atoms with van der Waals surface area (Å²) in [5.41, 5.74) is 1.45. The molecule has 0 aliphatic rings. The Bertz CT molecular complexity index is 998. The minimum absolute atomic E-state index is 0.0370. The molecule has 6 heteroatoms. The molecule has 0 bridgehead atoms. The first-order valence-electron chi connectivity index (χ1n) is 8.29. The van der Waals surface area contributed by atoms with E-state index in [1.54, 1.807) is 36.4 Å². The fourth-order valence-electron chi connectivity index (χ4n) is 2.90. The lowest BCUT2D eigenvalue weighted by Gasteiger charge is -2.14. The highest BCUT2D eigenvalue weighted by atomic mass is 16.5. The van der Waals surface area contributed by atoms with Crippen LogP contribution in [-0.4, -0.2) is 38.1 Å². The molecule has 6 nitrogen and oxygen atoms in total. The van der Waals surface area contributed by atoms with Crippen molar-refractivity contribution in [2.24, 2.45) is 0 Å². The van der Waals surface area contributed by atoms with E-state index in [1.807, 2.05) is 6.07 Å². The van der Waals surface area contributed by atoms with Crippen LogP contribution >= 0.6 is 0 Å². The number of carbonyl (C=O) groups excluding carboxylic acids is 2. The summed E-state index contributed by atoms with van der Waals surface area (Å²) in [5.74, 6) is 0.372. The molecule has 3 aromatic rings. The lowest BCUT2D eigenvalue weighted by molar-refractivity contribution is -0.139. The molecular formula is C21H19NO5. The lowest BCUT2D eigenvalue weighted by atomic mass is 9.98. The third-order valence-electron chi connectivity index (χ3n) is 4.29. The second-order valence-corrected chi connectivity index (χ2v) is 5.83. The molecule has 0 spiro atoms.